The Bertz CT molecular complexity index is 624. The smallest absolute Gasteiger partial charge is 0.305 e. The van der Waals surface area contributed by atoms with Crippen LogP contribution in [0.25, 0.3) is 11.0 Å². The molecule has 0 aliphatic carbocycles. The molecule has 0 amide bonds. The normalized spacial score (nSPS) is 19.2. The topological polar surface area (TPSA) is 84.1 Å². The Hall–Kier alpha value is -2.18. The quantitative estimate of drug-likeness (QED) is 0.880. The Balaban J connectivity index is 2.01. The summed E-state index contributed by atoms with van der Waals surface area (Å²) in [6.45, 7) is 0.832. The molecule has 100 valence electrons. The summed E-state index contributed by atoms with van der Waals surface area (Å²) >= 11 is 0. The summed E-state index contributed by atoms with van der Waals surface area (Å²) in [5, 5.41) is 14.0. The highest BCUT2D eigenvalue weighted by Gasteiger charge is 2.29. The summed E-state index contributed by atoms with van der Waals surface area (Å²) in [5.41, 5.74) is 0.769. The van der Waals surface area contributed by atoms with Gasteiger partial charge in [-0.15, -0.1) is 0 Å². The Morgan fingerprint density at radius 3 is 3.16 bits per heavy atom. The zero-order chi connectivity index (χ0) is 13.4. The SMILES string of the molecule is Cn1ncc2c(N3CCC[C@@H]3CC(=O)O)ncnc21. The van der Waals surface area contributed by atoms with Gasteiger partial charge in [-0.2, -0.15) is 5.10 Å². The van der Waals surface area contributed by atoms with Crippen molar-refractivity contribution in [3.63, 3.8) is 0 Å². The van der Waals surface area contributed by atoms with Gasteiger partial charge < -0.3 is 10.0 Å². The standard InChI is InChI=1S/C12H15N5O2/c1-16-11-9(6-15-16)12(14-7-13-11)17-4-2-3-8(17)5-10(18)19/h6-8H,2-5H2,1H3,(H,18,19)/t8-/m1/s1. The summed E-state index contributed by atoms with van der Waals surface area (Å²) in [5.74, 6) is 0.0234. The van der Waals surface area contributed by atoms with E-state index < -0.39 is 5.97 Å². The summed E-state index contributed by atoms with van der Waals surface area (Å²) in [6.07, 6.45) is 5.27. The van der Waals surface area contributed by atoms with Gasteiger partial charge in [0.2, 0.25) is 0 Å². The van der Waals surface area contributed by atoms with Crippen LogP contribution < -0.4 is 4.90 Å². The second-order valence-corrected chi connectivity index (χ2v) is 4.79. The van der Waals surface area contributed by atoms with E-state index in [1.165, 1.54) is 6.33 Å². The molecule has 1 atom stereocenters. The number of anilines is 1. The van der Waals surface area contributed by atoms with E-state index in [4.69, 9.17) is 5.11 Å². The minimum absolute atomic E-state index is 0.0100. The maximum absolute atomic E-state index is 10.9. The van der Waals surface area contributed by atoms with Crippen LogP contribution in [0.1, 0.15) is 19.3 Å². The van der Waals surface area contributed by atoms with E-state index in [0.717, 1.165) is 36.2 Å². The molecule has 7 heteroatoms. The molecule has 0 saturated carbocycles. The molecule has 3 rings (SSSR count). The second-order valence-electron chi connectivity index (χ2n) is 4.79. The van der Waals surface area contributed by atoms with Gasteiger partial charge in [0.05, 0.1) is 18.0 Å². The third-order valence-corrected chi connectivity index (χ3v) is 3.57. The lowest BCUT2D eigenvalue weighted by atomic mass is 10.1. The third-order valence-electron chi connectivity index (χ3n) is 3.57. The lowest BCUT2D eigenvalue weighted by Gasteiger charge is -2.24. The first-order valence-corrected chi connectivity index (χ1v) is 6.28. The molecule has 1 aliphatic heterocycles. The number of aryl methyl sites for hydroxylation is 1. The van der Waals surface area contributed by atoms with Crippen molar-refractivity contribution in [2.45, 2.75) is 25.3 Å². The van der Waals surface area contributed by atoms with Crippen molar-refractivity contribution in [2.75, 3.05) is 11.4 Å². The summed E-state index contributed by atoms with van der Waals surface area (Å²) < 4.78 is 1.70. The minimum Gasteiger partial charge on any atom is -0.481 e. The van der Waals surface area contributed by atoms with E-state index >= 15 is 0 Å². The molecule has 2 aromatic heterocycles. The van der Waals surface area contributed by atoms with Gasteiger partial charge in [0.15, 0.2) is 5.65 Å². The minimum atomic E-state index is -0.770. The highest BCUT2D eigenvalue weighted by molar-refractivity contribution is 5.87. The van der Waals surface area contributed by atoms with Crippen LogP contribution in [0.4, 0.5) is 5.82 Å². The van der Waals surface area contributed by atoms with Gasteiger partial charge in [-0.1, -0.05) is 0 Å². The van der Waals surface area contributed by atoms with Crippen molar-refractivity contribution in [1.29, 1.82) is 0 Å². The van der Waals surface area contributed by atoms with Gasteiger partial charge in [0.25, 0.3) is 0 Å². The number of carboxylic acid groups (broad SMARTS) is 1. The first kappa shape index (κ1) is 11.9. The molecule has 1 N–H and O–H groups in total. The molecule has 0 spiro atoms. The monoisotopic (exact) mass is 261 g/mol. The summed E-state index contributed by atoms with van der Waals surface area (Å²) in [4.78, 5) is 21.5. The fourth-order valence-electron chi connectivity index (χ4n) is 2.71. The summed E-state index contributed by atoms with van der Waals surface area (Å²) in [6, 6.07) is 0.0100. The van der Waals surface area contributed by atoms with Crippen molar-refractivity contribution < 1.29 is 9.90 Å². The number of nitrogens with zero attached hydrogens (tertiary/aromatic N) is 5. The molecule has 1 fully saturated rings. The number of aliphatic carboxylic acids is 1. The average Bonchev–Trinajstić information content (AvgIpc) is 2.96. The van der Waals surface area contributed by atoms with Crippen LogP contribution >= 0.6 is 0 Å². The van der Waals surface area contributed by atoms with Crippen LogP contribution in [-0.2, 0) is 11.8 Å². The van der Waals surface area contributed by atoms with Crippen molar-refractivity contribution in [2.24, 2.45) is 7.05 Å². The number of hydrogen-bond donors (Lipinski definition) is 1. The average molecular weight is 261 g/mol. The van der Waals surface area contributed by atoms with Gasteiger partial charge in [-0.3, -0.25) is 9.48 Å². The van der Waals surface area contributed by atoms with Crippen LogP contribution in [0, 0.1) is 0 Å². The molecule has 0 bridgehead atoms. The van der Waals surface area contributed by atoms with E-state index in [-0.39, 0.29) is 12.5 Å². The van der Waals surface area contributed by atoms with Crippen molar-refractivity contribution in [3.8, 4) is 0 Å². The first-order chi connectivity index (χ1) is 9.16. The van der Waals surface area contributed by atoms with Gasteiger partial charge in [0.1, 0.15) is 12.1 Å². The molecule has 0 aromatic carbocycles. The maximum Gasteiger partial charge on any atom is 0.305 e. The molecule has 0 unspecified atom stereocenters. The molecule has 1 aliphatic rings. The van der Waals surface area contributed by atoms with Gasteiger partial charge in [-0.05, 0) is 12.8 Å². The van der Waals surface area contributed by atoms with Crippen molar-refractivity contribution in [3.05, 3.63) is 12.5 Å². The molecular formula is C12H15N5O2. The van der Waals surface area contributed by atoms with E-state index in [0.29, 0.717) is 0 Å². The zero-order valence-electron chi connectivity index (χ0n) is 10.7. The van der Waals surface area contributed by atoms with E-state index in [2.05, 4.69) is 20.0 Å². The van der Waals surface area contributed by atoms with Gasteiger partial charge in [0, 0.05) is 19.6 Å². The number of aromatic nitrogens is 4. The van der Waals surface area contributed by atoms with Crippen LogP contribution in [0.15, 0.2) is 12.5 Å². The van der Waals surface area contributed by atoms with E-state index in [1.807, 2.05) is 7.05 Å². The van der Waals surface area contributed by atoms with E-state index in [9.17, 15) is 4.79 Å². The fraction of sp³-hybridized carbons (Fsp3) is 0.500. The van der Waals surface area contributed by atoms with Gasteiger partial charge in [-0.25, -0.2) is 9.97 Å². The highest BCUT2D eigenvalue weighted by Crippen LogP contribution is 2.30. The van der Waals surface area contributed by atoms with Gasteiger partial charge >= 0.3 is 5.97 Å². The molecule has 7 nitrogen and oxygen atoms in total. The number of fused-ring (bicyclic) bond motifs is 1. The van der Waals surface area contributed by atoms with Crippen LogP contribution in [0.2, 0.25) is 0 Å². The molecule has 3 heterocycles. The fourth-order valence-corrected chi connectivity index (χ4v) is 2.71. The number of carbonyl (C=O) groups is 1. The molecule has 2 aromatic rings. The van der Waals surface area contributed by atoms with Crippen molar-refractivity contribution >= 4 is 22.8 Å². The Morgan fingerprint density at radius 2 is 2.37 bits per heavy atom. The number of hydrogen-bond acceptors (Lipinski definition) is 5. The Labute approximate surface area is 109 Å². The molecule has 0 radical (unpaired) electrons. The van der Waals surface area contributed by atoms with E-state index in [1.54, 1.807) is 10.9 Å². The number of rotatable bonds is 3. The zero-order valence-corrected chi connectivity index (χ0v) is 10.7. The van der Waals surface area contributed by atoms with Crippen LogP contribution in [0.3, 0.4) is 0 Å². The molecular weight excluding hydrogens is 246 g/mol. The molecule has 1 saturated heterocycles. The lowest BCUT2D eigenvalue weighted by molar-refractivity contribution is -0.137. The highest BCUT2D eigenvalue weighted by atomic mass is 16.4. The van der Waals surface area contributed by atoms with Crippen LogP contribution in [-0.4, -0.2) is 43.4 Å². The Morgan fingerprint density at radius 1 is 1.53 bits per heavy atom. The Kier molecular flexibility index (Phi) is 2.81. The van der Waals surface area contributed by atoms with Crippen LogP contribution in [0.5, 0.6) is 0 Å². The number of carboxylic acids is 1. The largest absolute Gasteiger partial charge is 0.481 e. The first-order valence-electron chi connectivity index (χ1n) is 6.28. The summed E-state index contributed by atoms with van der Waals surface area (Å²) in [7, 11) is 1.83. The van der Waals surface area contributed by atoms with Crippen molar-refractivity contribution in [1.82, 2.24) is 19.7 Å². The second kappa shape index (κ2) is 4.49. The predicted molar refractivity (Wildman–Crippen MR) is 68.9 cm³/mol. The third kappa shape index (κ3) is 2.00. The lowest BCUT2D eigenvalue weighted by Crippen LogP contribution is -2.32. The predicted octanol–water partition coefficient (Wildman–Crippen LogP) is 0.807. The maximum atomic E-state index is 10.9. The molecule has 19 heavy (non-hydrogen) atoms.